The Morgan fingerprint density at radius 2 is 1.35 bits per heavy atom. The molecule has 0 aliphatic carbocycles. The molecule has 1 N–H and O–H groups in total. The summed E-state index contributed by atoms with van der Waals surface area (Å²) in [5.74, 6) is 1.83. The van der Waals surface area contributed by atoms with Gasteiger partial charge in [-0.15, -0.1) is 0 Å². The van der Waals surface area contributed by atoms with Crippen LogP contribution in [-0.4, -0.2) is 26.7 Å². The zero-order valence-electron chi connectivity index (χ0n) is 21.0. The fourth-order valence-corrected chi connectivity index (χ4v) is 4.19. The quantitative estimate of drug-likeness (QED) is 0.248. The molecule has 3 aromatic rings. The van der Waals surface area contributed by atoms with Crippen molar-refractivity contribution < 1.29 is 9.84 Å². The van der Waals surface area contributed by atoms with E-state index in [0.29, 0.717) is 29.6 Å². The molecular formula is C29H39N3O2. The van der Waals surface area contributed by atoms with Crippen LogP contribution in [0.15, 0.2) is 42.7 Å². The Hall–Kier alpha value is -2.95. The van der Waals surface area contributed by atoms with Crippen molar-refractivity contribution in [3.8, 4) is 34.3 Å². The number of aromatic hydroxyl groups is 1. The van der Waals surface area contributed by atoms with Gasteiger partial charge >= 0.3 is 0 Å². The highest BCUT2D eigenvalue weighted by atomic mass is 16.5. The maximum Gasteiger partial charge on any atom is 0.167 e. The van der Waals surface area contributed by atoms with Crippen molar-refractivity contribution in [1.82, 2.24) is 15.0 Å². The molecule has 0 unspecified atom stereocenters. The third kappa shape index (κ3) is 7.82. The molecule has 0 radical (unpaired) electrons. The highest BCUT2D eigenvalue weighted by Crippen LogP contribution is 2.31. The molecule has 182 valence electrons. The van der Waals surface area contributed by atoms with Gasteiger partial charge in [0.15, 0.2) is 11.6 Å². The molecule has 0 spiro atoms. The van der Waals surface area contributed by atoms with E-state index in [1.54, 1.807) is 6.07 Å². The molecule has 0 aliphatic heterocycles. The first-order chi connectivity index (χ1) is 16.6. The fraction of sp³-hybridized carbons (Fsp3) is 0.483. The van der Waals surface area contributed by atoms with Gasteiger partial charge in [-0.25, -0.2) is 15.0 Å². The molecule has 1 aromatic heterocycles. The number of phenols is 1. The van der Waals surface area contributed by atoms with E-state index < -0.39 is 0 Å². The number of phenolic OH excluding ortho intramolecular Hbond substituents is 1. The second-order valence-electron chi connectivity index (χ2n) is 9.16. The van der Waals surface area contributed by atoms with Crippen molar-refractivity contribution in [2.24, 2.45) is 0 Å². The van der Waals surface area contributed by atoms with Gasteiger partial charge in [0, 0.05) is 11.6 Å². The number of rotatable bonds is 14. The molecule has 3 rings (SSSR count). The lowest BCUT2D eigenvalue weighted by atomic mass is 10.1. The molecule has 0 saturated carbocycles. The first-order valence-electron chi connectivity index (χ1n) is 12.8. The van der Waals surface area contributed by atoms with Crippen LogP contribution in [0.3, 0.4) is 0 Å². The normalized spacial score (nSPS) is 11.0. The summed E-state index contributed by atoms with van der Waals surface area (Å²) in [5.41, 5.74) is 3.84. The standard InChI is InChI=1S/C29H39N3O2/c1-4-5-6-7-8-9-10-11-12-13-18-34-24-15-17-26(27(33)20-24)29-31-21-30-28(32-29)25-16-14-22(2)19-23(25)3/h14-17,19-21,33H,4-13,18H2,1-3H3. The second-order valence-corrected chi connectivity index (χ2v) is 9.16. The molecule has 1 heterocycles. The van der Waals surface area contributed by atoms with Crippen LogP contribution in [0.25, 0.3) is 22.8 Å². The van der Waals surface area contributed by atoms with Crippen molar-refractivity contribution in [2.75, 3.05) is 6.61 Å². The van der Waals surface area contributed by atoms with Gasteiger partial charge in [-0.1, -0.05) is 88.5 Å². The Balaban J connectivity index is 1.47. The van der Waals surface area contributed by atoms with E-state index in [-0.39, 0.29) is 5.75 Å². The Morgan fingerprint density at radius 3 is 2.00 bits per heavy atom. The smallest absolute Gasteiger partial charge is 0.167 e. The zero-order chi connectivity index (χ0) is 24.2. The summed E-state index contributed by atoms with van der Waals surface area (Å²) < 4.78 is 5.86. The lowest BCUT2D eigenvalue weighted by Gasteiger charge is -2.10. The van der Waals surface area contributed by atoms with E-state index in [2.05, 4.69) is 34.9 Å². The number of unbranched alkanes of at least 4 members (excludes halogenated alkanes) is 9. The van der Waals surface area contributed by atoms with Crippen molar-refractivity contribution in [3.63, 3.8) is 0 Å². The molecule has 0 bridgehead atoms. The average Bonchev–Trinajstić information content (AvgIpc) is 2.83. The molecule has 0 amide bonds. The molecule has 5 nitrogen and oxygen atoms in total. The van der Waals surface area contributed by atoms with Crippen LogP contribution in [0.1, 0.15) is 82.3 Å². The lowest BCUT2D eigenvalue weighted by Crippen LogP contribution is -1.99. The van der Waals surface area contributed by atoms with Gasteiger partial charge in [-0.3, -0.25) is 0 Å². The van der Waals surface area contributed by atoms with Gasteiger partial charge in [-0.2, -0.15) is 0 Å². The highest BCUT2D eigenvalue weighted by molar-refractivity contribution is 5.68. The minimum atomic E-state index is 0.110. The minimum Gasteiger partial charge on any atom is -0.507 e. The SMILES string of the molecule is CCCCCCCCCCCCOc1ccc(-c2ncnc(-c3ccc(C)cc3C)n2)c(O)c1. The Kier molecular flexibility index (Phi) is 10.3. The molecular weight excluding hydrogens is 422 g/mol. The summed E-state index contributed by atoms with van der Waals surface area (Å²) in [6.45, 7) is 7.03. The van der Waals surface area contributed by atoms with Crippen molar-refractivity contribution >= 4 is 0 Å². The molecule has 5 heteroatoms. The summed E-state index contributed by atoms with van der Waals surface area (Å²) in [5, 5.41) is 10.6. The number of nitrogens with zero attached hydrogens (tertiary/aromatic N) is 3. The van der Waals surface area contributed by atoms with Crippen LogP contribution in [0.5, 0.6) is 11.5 Å². The Morgan fingerprint density at radius 1 is 0.735 bits per heavy atom. The predicted octanol–water partition coefficient (Wildman–Crippen LogP) is 7.83. The molecule has 0 fully saturated rings. The second kappa shape index (κ2) is 13.7. The van der Waals surface area contributed by atoms with Gasteiger partial charge in [0.05, 0.1) is 12.2 Å². The van der Waals surface area contributed by atoms with Crippen LogP contribution in [0, 0.1) is 13.8 Å². The predicted molar refractivity (Wildman–Crippen MR) is 139 cm³/mol. The van der Waals surface area contributed by atoms with Crippen LogP contribution in [0.2, 0.25) is 0 Å². The number of aryl methyl sites for hydroxylation is 2. The van der Waals surface area contributed by atoms with Gasteiger partial charge in [0.1, 0.15) is 17.8 Å². The van der Waals surface area contributed by atoms with E-state index in [4.69, 9.17) is 4.74 Å². The van der Waals surface area contributed by atoms with Crippen LogP contribution in [-0.2, 0) is 0 Å². The molecule has 0 saturated heterocycles. The van der Waals surface area contributed by atoms with E-state index in [1.165, 1.54) is 69.7 Å². The lowest BCUT2D eigenvalue weighted by molar-refractivity contribution is 0.302. The van der Waals surface area contributed by atoms with Crippen LogP contribution in [0.4, 0.5) is 0 Å². The maximum absolute atomic E-state index is 10.6. The van der Waals surface area contributed by atoms with Crippen molar-refractivity contribution in [2.45, 2.75) is 85.0 Å². The summed E-state index contributed by atoms with van der Waals surface area (Å²) in [6, 6.07) is 11.5. The zero-order valence-corrected chi connectivity index (χ0v) is 21.0. The monoisotopic (exact) mass is 461 g/mol. The van der Waals surface area contributed by atoms with Gasteiger partial charge in [0.25, 0.3) is 0 Å². The first kappa shape index (κ1) is 25.7. The Bertz CT molecular complexity index is 1040. The summed E-state index contributed by atoms with van der Waals surface area (Å²) in [7, 11) is 0. The van der Waals surface area contributed by atoms with Gasteiger partial charge in [0.2, 0.25) is 0 Å². The van der Waals surface area contributed by atoms with E-state index in [9.17, 15) is 5.11 Å². The number of hydrogen-bond acceptors (Lipinski definition) is 5. The minimum absolute atomic E-state index is 0.110. The van der Waals surface area contributed by atoms with Crippen molar-refractivity contribution in [1.29, 1.82) is 0 Å². The molecule has 34 heavy (non-hydrogen) atoms. The van der Waals surface area contributed by atoms with Crippen LogP contribution >= 0.6 is 0 Å². The van der Waals surface area contributed by atoms with Crippen LogP contribution < -0.4 is 4.74 Å². The molecule has 0 atom stereocenters. The topological polar surface area (TPSA) is 68.1 Å². The highest BCUT2D eigenvalue weighted by Gasteiger charge is 2.12. The Labute approximate surface area is 204 Å². The number of benzene rings is 2. The molecule has 2 aromatic carbocycles. The summed E-state index contributed by atoms with van der Waals surface area (Å²) in [4.78, 5) is 13.2. The molecule has 0 aliphatic rings. The number of ether oxygens (including phenoxy) is 1. The maximum atomic E-state index is 10.6. The summed E-state index contributed by atoms with van der Waals surface area (Å²) >= 11 is 0. The first-order valence-corrected chi connectivity index (χ1v) is 12.8. The fourth-order valence-electron chi connectivity index (χ4n) is 4.19. The van der Waals surface area contributed by atoms with E-state index in [1.807, 2.05) is 31.2 Å². The average molecular weight is 462 g/mol. The van der Waals surface area contributed by atoms with Gasteiger partial charge in [-0.05, 0) is 38.0 Å². The number of hydrogen-bond donors (Lipinski definition) is 1. The van der Waals surface area contributed by atoms with E-state index in [0.717, 1.165) is 17.5 Å². The van der Waals surface area contributed by atoms with Crippen molar-refractivity contribution in [3.05, 3.63) is 53.9 Å². The summed E-state index contributed by atoms with van der Waals surface area (Å²) in [6.07, 6.45) is 14.5. The largest absolute Gasteiger partial charge is 0.507 e. The third-order valence-electron chi connectivity index (χ3n) is 6.17. The number of aromatic nitrogens is 3. The van der Waals surface area contributed by atoms with Gasteiger partial charge < -0.3 is 9.84 Å². The third-order valence-corrected chi connectivity index (χ3v) is 6.17. The van der Waals surface area contributed by atoms with E-state index >= 15 is 0 Å².